The van der Waals surface area contributed by atoms with Crippen molar-refractivity contribution >= 4 is 0 Å². The molecular formula is C27H40F2O. The first kappa shape index (κ1) is 22.2. The zero-order chi connectivity index (χ0) is 21.1. The van der Waals surface area contributed by atoms with Crippen LogP contribution in [-0.4, -0.2) is 12.7 Å². The van der Waals surface area contributed by atoms with Crippen LogP contribution in [-0.2, 0) is 4.74 Å². The van der Waals surface area contributed by atoms with Crippen LogP contribution in [0.4, 0.5) is 8.78 Å². The van der Waals surface area contributed by atoms with Crippen LogP contribution in [0.3, 0.4) is 0 Å². The summed E-state index contributed by atoms with van der Waals surface area (Å²) in [5.41, 5.74) is 1.02. The topological polar surface area (TPSA) is 9.23 Å². The molecule has 0 N–H and O–H groups in total. The summed E-state index contributed by atoms with van der Waals surface area (Å²) < 4.78 is 34.5. The molecule has 168 valence electrons. The Labute approximate surface area is 182 Å². The fourth-order valence-electron chi connectivity index (χ4n) is 6.71. The van der Waals surface area contributed by atoms with E-state index in [2.05, 4.69) is 6.92 Å². The van der Waals surface area contributed by atoms with Gasteiger partial charge < -0.3 is 4.74 Å². The van der Waals surface area contributed by atoms with E-state index < -0.39 is 11.6 Å². The Hall–Kier alpha value is -0.960. The summed E-state index contributed by atoms with van der Waals surface area (Å²) in [6.07, 6.45) is 15.5. The average Bonchev–Trinajstić information content (AvgIpc) is 2.79. The minimum Gasteiger partial charge on any atom is -0.378 e. The molecule has 2 aliphatic carbocycles. The van der Waals surface area contributed by atoms with Crippen LogP contribution in [0.2, 0.25) is 0 Å². The van der Waals surface area contributed by atoms with Crippen LogP contribution in [0.5, 0.6) is 0 Å². The molecular weight excluding hydrogens is 378 g/mol. The van der Waals surface area contributed by atoms with Crippen molar-refractivity contribution in [1.82, 2.24) is 0 Å². The van der Waals surface area contributed by atoms with Gasteiger partial charge >= 0.3 is 0 Å². The zero-order valence-corrected chi connectivity index (χ0v) is 19.0. The highest BCUT2D eigenvalue weighted by Gasteiger charge is 2.35. The second-order valence-electron chi connectivity index (χ2n) is 10.5. The minimum absolute atomic E-state index is 0.197. The van der Waals surface area contributed by atoms with E-state index in [1.165, 1.54) is 64.2 Å². The van der Waals surface area contributed by atoms with Gasteiger partial charge in [-0.3, -0.25) is 0 Å². The Morgan fingerprint density at radius 3 is 1.90 bits per heavy atom. The van der Waals surface area contributed by atoms with Gasteiger partial charge in [0.25, 0.3) is 0 Å². The Balaban J connectivity index is 1.23. The van der Waals surface area contributed by atoms with Gasteiger partial charge in [-0.15, -0.1) is 0 Å². The normalized spacial score (nSPS) is 35.3. The molecule has 1 nitrogen and oxygen atoms in total. The molecule has 4 rings (SSSR count). The Bertz CT molecular complexity index is 678. The van der Waals surface area contributed by atoms with Crippen LogP contribution < -0.4 is 0 Å². The smallest absolute Gasteiger partial charge is 0.162 e. The molecule has 0 bridgehead atoms. The number of hydrogen-bond acceptors (Lipinski definition) is 1. The van der Waals surface area contributed by atoms with E-state index in [0.29, 0.717) is 17.2 Å². The summed E-state index contributed by atoms with van der Waals surface area (Å²) in [5.74, 6) is 2.23. The summed E-state index contributed by atoms with van der Waals surface area (Å²) in [5, 5.41) is 0. The van der Waals surface area contributed by atoms with Crippen molar-refractivity contribution in [1.29, 1.82) is 0 Å². The molecule has 1 aromatic rings. The van der Waals surface area contributed by atoms with Crippen molar-refractivity contribution in [3.05, 3.63) is 34.9 Å². The third-order valence-corrected chi connectivity index (χ3v) is 8.68. The van der Waals surface area contributed by atoms with E-state index in [9.17, 15) is 8.78 Å². The van der Waals surface area contributed by atoms with Crippen molar-refractivity contribution in [3.8, 4) is 0 Å². The van der Waals surface area contributed by atoms with Crippen molar-refractivity contribution in [2.75, 3.05) is 6.61 Å². The lowest BCUT2D eigenvalue weighted by Crippen LogP contribution is -2.33. The number of hydrogen-bond donors (Lipinski definition) is 0. The molecule has 3 aliphatic rings. The lowest BCUT2D eigenvalue weighted by Gasteiger charge is -2.41. The third-order valence-electron chi connectivity index (χ3n) is 8.68. The first-order chi connectivity index (χ1) is 14.6. The quantitative estimate of drug-likeness (QED) is 0.471. The standard InChI is InChI=1S/C27H40F2O/c1-3-4-24-15-14-23(17-30-24)21-8-6-19(7-9-21)20-10-12-22(13-11-20)25-16-5-18(2)26(28)27(25)29/h5,16,19-24H,3-4,6-15,17H2,1-2H3. The number of aryl methyl sites for hydroxylation is 1. The maximum Gasteiger partial charge on any atom is 0.162 e. The molecule has 1 saturated heterocycles. The highest BCUT2D eigenvalue weighted by Crippen LogP contribution is 2.46. The van der Waals surface area contributed by atoms with Crippen LogP contribution in [0.1, 0.15) is 101 Å². The summed E-state index contributed by atoms with van der Waals surface area (Å²) in [6, 6.07) is 3.56. The van der Waals surface area contributed by atoms with Gasteiger partial charge in [0.05, 0.1) is 12.7 Å². The van der Waals surface area contributed by atoms with Gasteiger partial charge in [0.1, 0.15) is 0 Å². The van der Waals surface area contributed by atoms with Crippen LogP contribution in [0.25, 0.3) is 0 Å². The van der Waals surface area contributed by atoms with Crippen molar-refractivity contribution in [2.45, 2.75) is 103 Å². The summed E-state index contributed by atoms with van der Waals surface area (Å²) in [7, 11) is 0. The monoisotopic (exact) mass is 418 g/mol. The molecule has 2 atom stereocenters. The first-order valence-corrected chi connectivity index (χ1v) is 12.6. The molecule has 2 unspecified atom stereocenters. The van der Waals surface area contributed by atoms with E-state index >= 15 is 0 Å². The van der Waals surface area contributed by atoms with Gasteiger partial charge in [-0.05, 0) is 118 Å². The molecule has 2 saturated carbocycles. The fourth-order valence-corrected chi connectivity index (χ4v) is 6.71. The van der Waals surface area contributed by atoms with Crippen molar-refractivity contribution in [2.24, 2.45) is 23.7 Å². The lowest BCUT2D eigenvalue weighted by molar-refractivity contribution is -0.0436. The molecule has 1 aromatic carbocycles. The highest BCUT2D eigenvalue weighted by atomic mass is 19.2. The van der Waals surface area contributed by atoms with E-state index in [0.717, 1.165) is 43.1 Å². The Kier molecular flexibility index (Phi) is 7.49. The molecule has 0 spiro atoms. The fraction of sp³-hybridized carbons (Fsp3) is 0.778. The molecule has 3 heteroatoms. The van der Waals surface area contributed by atoms with E-state index in [4.69, 9.17) is 4.74 Å². The molecule has 3 fully saturated rings. The van der Waals surface area contributed by atoms with Crippen LogP contribution in [0.15, 0.2) is 12.1 Å². The summed E-state index contributed by atoms with van der Waals surface area (Å²) in [4.78, 5) is 0. The Morgan fingerprint density at radius 1 is 0.767 bits per heavy atom. The van der Waals surface area contributed by atoms with Crippen LogP contribution >= 0.6 is 0 Å². The number of rotatable bonds is 5. The molecule has 0 aromatic heterocycles. The van der Waals surface area contributed by atoms with E-state index in [1.54, 1.807) is 13.0 Å². The van der Waals surface area contributed by atoms with E-state index in [1.807, 2.05) is 6.07 Å². The predicted octanol–water partition coefficient (Wildman–Crippen LogP) is 7.95. The second-order valence-corrected chi connectivity index (χ2v) is 10.5. The van der Waals surface area contributed by atoms with E-state index in [-0.39, 0.29) is 5.92 Å². The van der Waals surface area contributed by atoms with Gasteiger partial charge in [0.15, 0.2) is 11.6 Å². The molecule has 1 aliphatic heterocycles. The maximum atomic E-state index is 14.4. The lowest BCUT2D eigenvalue weighted by atomic mass is 9.66. The number of halogens is 2. The number of benzene rings is 1. The maximum absolute atomic E-state index is 14.4. The SMILES string of the molecule is CCCC1CCC(C2CCC(C3CCC(c4ccc(C)c(F)c4F)CC3)CC2)CO1. The first-order valence-electron chi connectivity index (χ1n) is 12.6. The molecule has 1 heterocycles. The molecule has 0 radical (unpaired) electrons. The van der Waals surface area contributed by atoms with Gasteiger partial charge in [-0.2, -0.15) is 0 Å². The van der Waals surface area contributed by atoms with Gasteiger partial charge in [0, 0.05) is 0 Å². The molecule has 0 amide bonds. The number of ether oxygens (including phenoxy) is 1. The Morgan fingerprint density at radius 2 is 1.33 bits per heavy atom. The summed E-state index contributed by atoms with van der Waals surface area (Å²) in [6.45, 7) is 4.88. The van der Waals surface area contributed by atoms with Crippen molar-refractivity contribution in [3.63, 3.8) is 0 Å². The third kappa shape index (κ3) is 4.92. The zero-order valence-electron chi connectivity index (χ0n) is 19.0. The minimum atomic E-state index is -0.652. The van der Waals surface area contributed by atoms with Gasteiger partial charge in [-0.1, -0.05) is 25.5 Å². The largest absolute Gasteiger partial charge is 0.378 e. The van der Waals surface area contributed by atoms with Gasteiger partial charge in [-0.25, -0.2) is 8.78 Å². The predicted molar refractivity (Wildman–Crippen MR) is 119 cm³/mol. The average molecular weight is 419 g/mol. The second kappa shape index (κ2) is 10.1. The van der Waals surface area contributed by atoms with Crippen LogP contribution in [0, 0.1) is 42.2 Å². The van der Waals surface area contributed by atoms with Crippen molar-refractivity contribution < 1.29 is 13.5 Å². The highest BCUT2D eigenvalue weighted by molar-refractivity contribution is 5.28. The molecule has 30 heavy (non-hydrogen) atoms. The summed E-state index contributed by atoms with van der Waals surface area (Å²) >= 11 is 0. The van der Waals surface area contributed by atoms with Gasteiger partial charge in [0.2, 0.25) is 0 Å².